The summed E-state index contributed by atoms with van der Waals surface area (Å²) in [6.07, 6.45) is -13.6. The van der Waals surface area contributed by atoms with E-state index >= 15 is 0 Å². The minimum absolute atomic E-state index is 0.667. The number of fused-ring (bicyclic) bond motifs is 1. The van der Waals surface area contributed by atoms with Gasteiger partial charge in [-0.15, -0.1) is 0 Å². The lowest BCUT2D eigenvalue weighted by Gasteiger charge is -2.45. The van der Waals surface area contributed by atoms with Crippen molar-refractivity contribution in [3.05, 3.63) is 36.5 Å². The predicted octanol–water partition coefficient (Wildman–Crippen LogP) is -3.23. The van der Waals surface area contributed by atoms with Crippen molar-refractivity contribution in [1.29, 1.82) is 0 Å². The van der Waals surface area contributed by atoms with Crippen LogP contribution in [0, 0.1) is 0 Å². The molecule has 4 rings (SSSR count). The number of para-hydroxylation sites is 1. The van der Waals surface area contributed by atoms with E-state index in [0.29, 0.717) is 0 Å². The van der Waals surface area contributed by atoms with Gasteiger partial charge in [0.25, 0.3) is 0 Å². The van der Waals surface area contributed by atoms with Crippen LogP contribution in [0.15, 0.2) is 36.5 Å². The van der Waals surface area contributed by atoms with Crippen LogP contribution >= 0.6 is 0 Å². The molecule has 2 aliphatic rings. The van der Waals surface area contributed by atoms with Crippen molar-refractivity contribution in [3.63, 3.8) is 0 Å². The molecule has 0 spiro atoms. The normalized spacial score (nSPS) is 40.0. The molecular formula is C20H29NO11. The Hall–Kier alpha value is -1.68. The van der Waals surface area contributed by atoms with Gasteiger partial charge in [0, 0.05) is 11.7 Å². The van der Waals surface area contributed by atoms with E-state index in [9.17, 15) is 35.7 Å². The van der Waals surface area contributed by atoms with Gasteiger partial charge in [0.2, 0.25) is 0 Å². The van der Waals surface area contributed by atoms with Crippen molar-refractivity contribution in [3.8, 4) is 0 Å². The van der Waals surface area contributed by atoms with Gasteiger partial charge >= 0.3 is 0 Å². The molecular weight excluding hydrogens is 430 g/mol. The van der Waals surface area contributed by atoms with Crippen LogP contribution in [0.3, 0.4) is 0 Å². The van der Waals surface area contributed by atoms with E-state index in [1.54, 1.807) is 0 Å². The van der Waals surface area contributed by atoms with E-state index in [2.05, 4.69) is 23.2 Å². The Morgan fingerprint density at radius 2 is 1.44 bits per heavy atom. The Labute approximate surface area is 182 Å². The molecule has 0 amide bonds. The van der Waals surface area contributed by atoms with Crippen LogP contribution in [-0.4, -0.2) is 120 Å². The SMILES string of the molecule is OC[C@H]1O[C@@H](O[C@H]2[C@H](O)[C@@H](O)C(O)O[C@@H]2CO)[C@H](O)[C@@H](O)[C@H]1O.c1ccc2[nH]ccc2c1. The van der Waals surface area contributed by atoms with Crippen LogP contribution < -0.4 is 0 Å². The number of hydrogen-bond acceptors (Lipinski definition) is 11. The Balaban J connectivity index is 0.000000264. The number of hydrogen-bond donors (Lipinski definition) is 9. The second-order valence-corrected chi connectivity index (χ2v) is 7.59. The number of rotatable bonds is 4. The standard InChI is InChI=1S/C12H22O11.C8H7N/c13-1-3-5(15)6(16)9(19)12(22-3)23-10-4(2-14)21-11(20)8(18)7(10)17;1-2-4-8-7(3-1)5-6-9-8/h3-20H,1-2H2;1-6,9H/t3-,4-,5+,6+,7-,8-,9-,10-,11?,12+;/m1./s1. The summed E-state index contributed by atoms with van der Waals surface area (Å²) in [6, 6.07) is 10.3. The van der Waals surface area contributed by atoms with Crippen molar-refractivity contribution in [2.45, 2.75) is 61.4 Å². The monoisotopic (exact) mass is 459 g/mol. The van der Waals surface area contributed by atoms with Gasteiger partial charge in [-0.2, -0.15) is 0 Å². The zero-order valence-electron chi connectivity index (χ0n) is 17.0. The molecule has 12 nitrogen and oxygen atoms in total. The summed E-state index contributed by atoms with van der Waals surface area (Å²) in [4.78, 5) is 3.12. The van der Waals surface area contributed by atoms with E-state index in [1.165, 1.54) is 10.9 Å². The van der Waals surface area contributed by atoms with Gasteiger partial charge < -0.3 is 60.0 Å². The van der Waals surface area contributed by atoms with E-state index in [0.717, 1.165) is 0 Å². The lowest BCUT2D eigenvalue weighted by atomic mass is 9.97. The van der Waals surface area contributed by atoms with Crippen LogP contribution in [0.25, 0.3) is 10.9 Å². The fourth-order valence-corrected chi connectivity index (χ4v) is 3.56. The fourth-order valence-electron chi connectivity index (χ4n) is 3.56. The summed E-state index contributed by atoms with van der Waals surface area (Å²) in [6.45, 7) is -1.35. The highest BCUT2D eigenvalue weighted by molar-refractivity contribution is 5.78. The van der Waals surface area contributed by atoms with Crippen molar-refractivity contribution in [1.82, 2.24) is 4.98 Å². The van der Waals surface area contributed by atoms with Crippen LogP contribution in [0.2, 0.25) is 0 Å². The molecule has 1 aromatic carbocycles. The second kappa shape index (κ2) is 11.0. The third-order valence-corrected chi connectivity index (χ3v) is 5.44. The van der Waals surface area contributed by atoms with Gasteiger partial charge in [-0.25, -0.2) is 0 Å². The van der Waals surface area contributed by atoms with Gasteiger partial charge in [0.15, 0.2) is 12.6 Å². The molecule has 3 heterocycles. The number of aliphatic hydroxyl groups is 8. The fraction of sp³-hybridized carbons (Fsp3) is 0.600. The molecule has 2 saturated heterocycles. The molecule has 9 N–H and O–H groups in total. The Morgan fingerprint density at radius 3 is 2.09 bits per heavy atom. The van der Waals surface area contributed by atoms with E-state index in [4.69, 9.17) is 19.3 Å². The zero-order valence-corrected chi connectivity index (χ0v) is 17.0. The summed E-state index contributed by atoms with van der Waals surface area (Å²) in [5.41, 5.74) is 1.21. The van der Waals surface area contributed by atoms with Gasteiger partial charge in [0.05, 0.1) is 13.2 Å². The molecule has 2 aromatic rings. The van der Waals surface area contributed by atoms with E-state index < -0.39 is 74.6 Å². The lowest BCUT2D eigenvalue weighted by Crippen LogP contribution is -2.64. The molecule has 1 aromatic heterocycles. The minimum Gasteiger partial charge on any atom is -0.394 e. The first-order valence-corrected chi connectivity index (χ1v) is 10.1. The molecule has 180 valence electrons. The second-order valence-electron chi connectivity index (χ2n) is 7.59. The van der Waals surface area contributed by atoms with Crippen molar-refractivity contribution in [2.75, 3.05) is 13.2 Å². The highest BCUT2D eigenvalue weighted by Crippen LogP contribution is 2.28. The highest BCUT2D eigenvalue weighted by atomic mass is 16.7. The molecule has 1 unspecified atom stereocenters. The summed E-state index contributed by atoms with van der Waals surface area (Å²) < 4.78 is 15.3. The average molecular weight is 459 g/mol. The molecule has 32 heavy (non-hydrogen) atoms. The third-order valence-electron chi connectivity index (χ3n) is 5.44. The first-order valence-electron chi connectivity index (χ1n) is 10.1. The van der Waals surface area contributed by atoms with Crippen LogP contribution in [-0.2, 0) is 14.2 Å². The van der Waals surface area contributed by atoms with Gasteiger partial charge in [-0.3, -0.25) is 0 Å². The first-order chi connectivity index (χ1) is 15.3. The largest absolute Gasteiger partial charge is 0.394 e. The molecule has 2 fully saturated rings. The van der Waals surface area contributed by atoms with Crippen LogP contribution in [0.5, 0.6) is 0 Å². The number of H-pyrrole nitrogens is 1. The van der Waals surface area contributed by atoms with Gasteiger partial charge in [0.1, 0.15) is 48.8 Å². The van der Waals surface area contributed by atoms with Gasteiger partial charge in [-0.05, 0) is 17.5 Å². The number of benzene rings is 1. The van der Waals surface area contributed by atoms with Crippen molar-refractivity contribution >= 4 is 10.9 Å². The summed E-state index contributed by atoms with van der Waals surface area (Å²) in [7, 11) is 0. The average Bonchev–Trinajstić information content (AvgIpc) is 3.28. The van der Waals surface area contributed by atoms with Crippen molar-refractivity contribution in [2.24, 2.45) is 0 Å². The number of ether oxygens (including phenoxy) is 3. The topological polar surface area (TPSA) is 205 Å². The lowest BCUT2D eigenvalue weighted by molar-refractivity contribution is -0.355. The number of aromatic amines is 1. The molecule has 2 aliphatic heterocycles. The van der Waals surface area contributed by atoms with Crippen LogP contribution in [0.4, 0.5) is 0 Å². The molecule has 0 bridgehead atoms. The van der Waals surface area contributed by atoms with Gasteiger partial charge in [-0.1, -0.05) is 18.2 Å². The number of aromatic nitrogens is 1. The van der Waals surface area contributed by atoms with Crippen LogP contribution in [0.1, 0.15) is 0 Å². The first kappa shape index (κ1) is 25.0. The molecule has 10 atom stereocenters. The minimum atomic E-state index is -1.74. The maximum absolute atomic E-state index is 9.94. The van der Waals surface area contributed by atoms with E-state index in [-0.39, 0.29) is 0 Å². The quantitative estimate of drug-likeness (QED) is 0.222. The third kappa shape index (κ3) is 5.27. The highest BCUT2D eigenvalue weighted by Gasteiger charge is 2.50. The summed E-state index contributed by atoms with van der Waals surface area (Å²) >= 11 is 0. The number of nitrogens with one attached hydrogen (secondary N) is 1. The van der Waals surface area contributed by atoms with E-state index in [1.807, 2.05) is 18.3 Å². The molecule has 0 aliphatic carbocycles. The Kier molecular flexibility index (Phi) is 8.55. The summed E-state index contributed by atoms with van der Waals surface area (Å²) in [5, 5.41) is 77.8. The predicted molar refractivity (Wildman–Crippen MR) is 107 cm³/mol. The maximum Gasteiger partial charge on any atom is 0.187 e. The molecule has 0 saturated carbocycles. The van der Waals surface area contributed by atoms with Crippen molar-refractivity contribution < 1.29 is 55.1 Å². The Bertz CT molecular complexity index is 800. The number of aliphatic hydroxyl groups excluding tert-OH is 8. The maximum atomic E-state index is 9.94. The Morgan fingerprint density at radius 1 is 0.750 bits per heavy atom. The smallest absolute Gasteiger partial charge is 0.187 e. The molecule has 12 heteroatoms. The molecule has 0 radical (unpaired) electrons. The zero-order chi connectivity index (χ0) is 23.4. The summed E-state index contributed by atoms with van der Waals surface area (Å²) in [5.74, 6) is 0.